The first-order valence-corrected chi connectivity index (χ1v) is 12.5. The molecule has 5 aromatic carbocycles. The van der Waals surface area contributed by atoms with Crippen LogP contribution in [0.4, 0.5) is 5.69 Å². The van der Waals surface area contributed by atoms with Crippen LogP contribution in [0.5, 0.6) is 0 Å². The van der Waals surface area contributed by atoms with E-state index < -0.39 is 10.0 Å². The smallest absolute Gasteiger partial charge is 0.200 e. The largest absolute Gasteiger partial charge is 0.275 e. The highest BCUT2D eigenvalue weighted by molar-refractivity contribution is 7.93. The Bertz CT molecular complexity index is 1780. The van der Waals surface area contributed by atoms with Gasteiger partial charge in [-0.15, -0.1) is 0 Å². The summed E-state index contributed by atoms with van der Waals surface area (Å²) >= 11 is 0. The molecule has 4 heteroatoms. The van der Waals surface area contributed by atoms with Gasteiger partial charge in [-0.2, -0.15) is 4.31 Å². The van der Waals surface area contributed by atoms with Crippen LogP contribution in [0.15, 0.2) is 108 Å². The van der Waals surface area contributed by atoms with Gasteiger partial charge < -0.3 is 0 Å². The van der Waals surface area contributed by atoms with E-state index in [1.165, 1.54) is 0 Å². The number of hydrogen-bond acceptors (Lipinski definition) is 2. The first kappa shape index (κ1) is 22.3. The average Bonchev–Trinajstić information content (AvgIpc) is 2.88. The van der Waals surface area contributed by atoms with Crippen molar-refractivity contribution in [2.45, 2.75) is 11.8 Å². The summed E-state index contributed by atoms with van der Waals surface area (Å²) in [5, 5.41) is 4.42. The van der Waals surface area contributed by atoms with Gasteiger partial charge >= 0.3 is 0 Å². The van der Waals surface area contributed by atoms with Gasteiger partial charge in [0.2, 0.25) is 0 Å². The Hall–Kier alpha value is -4.51. The van der Waals surface area contributed by atoms with Gasteiger partial charge in [-0.1, -0.05) is 96.6 Å². The van der Waals surface area contributed by atoms with Crippen LogP contribution in [-0.2, 0) is 10.0 Å². The number of anilines is 1. The molecule has 3 nitrogen and oxygen atoms in total. The van der Waals surface area contributed by atoms with E-state index in [2.05, 4.69) is 42.2 Å². The van der Waals surface area contributed by atoms with Gasteiger partial charge in [0.25, 0.3) is 10.0 Å². The van der Waals surface area contributed by atoms with Gasteiger partial charge in [0.05, 0.1) is 16.1 Å². The number of fused-ring (bicyclic) bond motifs is 3. The van der Waals surface area contributed by atoms with Crippen LogP contribution >= 0.6 is 0 Å². The lowest BCUT2D eigenvalue weighted by atomic mass is 9.97. The van der Waals surface area contributed by atoms with Gasteiger partial charge in [0.1, 0.15) is 0 Å². The summed E-state index contributed by atoms with van der Waals surface area (Å²) < 4.78 is 27.7. The van der Waals surface area contributed by atoms with E-state index in [4.69, 9.17) is 6.42 Å². The molecule has 0 aromatic heterocycles. The third-order valence-electron chi connectivity index (χ3n) is 5.90. The van der Waals surface area contributed by atoms with Crippen molar-refractivity contribution < 1.29 is 8.42 Å². The third-order valence-corrected chi connectivity index (χ3v) is 7.55. The second-order valence-electron chi connectivity index (χ2n) is 8.17. The first-order chi connectivity index (χ1) is 17.0. The molecule has 0 saturated heterocycles. The maximum atomic E-state index is 13.4. The normalized spacial score (nSPS) is 11.0. The number of aryl methyl sites for hydroxylation is 1. The number of benzene rings is 5. The SMILES string of the molecule is C#CN(c1ccccc1C#Cc1cc2ccccc2c2ccccc12)S(=O)(=O)c1ccc(C)cc1. The molecule has 0 fully saturated rings. The summed E-state index contributed by atoms with van der Waals surface area (Å²) in [6.07, 6.45) is 5.72. The van der Waals surface area contributed by atoms with Crippen molar-refractivity contribution in [1.82, 2.24) is 0 Å². The molecule has 0 aliphatic carbocycles. The van der Waals surface area contributed by atoms with E-state index in [9.17, 15) is 8.42 Å². The molecule has 0 aliphatic rings. The van der Waals surface area contributed by atoms with Crippen molar-refractivity contribution >= 4 is 37.3 Å². The molecular weight excluding hydrogens is 450 g/mol. The van der Waals surface area contributed by atoms with Crippen molar-refractivity contribution in [2.75, 3.05) is 4.31 Å². The Morgan fingerprint density at radius 3 is 2.03 bits per heavy atom. The van der Waals surface area contributed by atoms with E-state index in [-0.39, 0.29) is 4.90 Å². The van der Waals surface area contributed by atoms with Crippen LogP contribution in [0.3, 0.4) is 0 Å². The van der Waals surface area contributed by atoms with Crippen molar-refractivity contribution in [1.29, 1.82) is 0 Å². The summed E-state index contributed by atoms with van der Waals surface area (Å²) in [4.78, 5) is 0.129. The summed E-state index contributed by atoms with van der Waals surface area (Å²) in [6, 6.07) is 34.4. The van der Waals surface area contributed by atoms with Crippen LogP contribution in [0, 0.1) is 31.2 Å². The van der Waals surface area contributed by atoms with E-state index in [0.717, 1.165) is 37.0 Å². The minimum atomic E-state index is -3.96. The maximum absolute atomic E-state index is 13.4. The second-order valence-corrected chi connectivity index (χ2v) is 9.96. The molecule has 0 atom stereocenters. The van der Waals surface area contributed by atoms with Crippen LogP contribution in [-0.4, -0.2) is 8.42 Å². The highest BCUT2D eigenvalue weighted by atomic mass is 32.2. The van der Waals surface area contributed by atoms with E-state index in [1.54, 1.807) is 42.5 Å². The Balaban J connectivity index is 1.64. The fraction of sp³-hybridized carbons (Fsp3) is 0.0323. The summed E-state index contributed by atoms with van der Waals surface area (Å²) in [7, 11) is -3.96. The van der Waals surface area contributed by atoms with Gasteiger partial charge in [-0.05, 0) is 58.8 Å². The number of para-hydroxylation sites is 1. The zero-order valence-electron chi connectivity index (χ0n) is 19.1. The Morgan fingerprint density at radius 2 is 1.29 bits per heavy atom. The molecule has 5 rings (SSSR count). The van der Waals surface area contributed by atoms with Crippen molar-refractivity contribution in [3.63, 3.8) is 0 Å². The van der Waals surface area contributed by atoms with Crippen LogP contribution < -0.4 is 4.31 Å². The Morgan fingerprint density at radius 1 is 0.686 bits per heavy atom. The molecule has 0 aliphatic heterocycles. The van der Waals surface area contributed by atoms with Gasteiger partial charge in [0, 0.05) is 11.6 Å². The van der Waals surface area contributed by atoms with Gasteiger partial charge in [-0.25, -0.2) is 8.42 Å². The van der Waals surface area contributed by atoms with Crippen molar-refractivity contribution in [3.8, 4) is 24.3 Å². The molecule has 0 amide bonds. The van der Waals surface area contributed by atoms with Crippen molar-refractivity contribution in [3.05, 3.63) is 120 Å². The molecule has 0 heterocycles. The minimum Gasteiger partial charge on any atom is -0.200 e. The molecule has 5 aromatic rings. The Kier molecular flexibility index (Phi) is 5.75. The fourth-order valence-electron chi connectivity index (χ4n) is 4.13. The van der Waals surface area contributed by atoms with Crippen LogP contribution in [0.2, 0.25) is 0 Å². The molecule has 168 valence electrons. The number of nitrogens with zero attached hydrogens (tertiary/aromatic N) is 1. The number of rotatable bonds is 3. The topological polar surface area (TPSA) is 37.4 Å². The molecule has 0 N–H and O–H groups in total. The summed E-state index contributed by atoms with van der Waals surface area (Å²) in [5.74, 6) is 6.46. The highest BCUT2D eigenvalue weighted by Gasteiger charge is 2.25. The average molecular weight is 472 g/mol. The van der Waals surface area contributed by atoms with E-state index >= 15 is 0 Å². The van der Waals surface area contributed by atoms with Gasteiger partial charge in [-0.3, -0.25) is 0 Å². The predicted molar refractivity (Wildman–Crippen MR) is 144 cm³/mol. The number of hydrogen-bond donors (Lipinski definition) is 0. The molecule has 0 saturated carbocycles. The zero-order chi connectivity index (χ0) is 24.4. The number of sulfonamides is 1. The van der Waals surface area contributed by atoms with Crippen LogP contribution in [0.25, 0.3) is 21.5 Å². The summed E-state index contributed by atoms with van der Waals surface area (Å²) in [5.41, 5.74) is 2.69. The third kappa shape index (κ3) is 4.13. The first-order valence-electron chi connectivity index (χ1n) is 11.1. The molecule has 0 radical (unpaired) electrons. The lowest BCUT2D eigenvalue weighted by Crippen LogP contribution is -2.26. The van der Waals surface area contributed by atoms with Crippen molar-refractivity contribution in [2.24, 2.45) is 0 Å². The van der Waals surface area contributed by atoms with E-state index in [1.807, 2.05) is 43.3 Å². The highest BCUT2D eigenvalue weighted by Crippen LogP contribution is 2.29. The fourth-order valence-corrected chi connectivity index (χ4v) is 5.38. The second kappa shape index (κ2) is 9.03. The predicted octanol–water partition coefficient (Wildman–Crippen LogP) is 6.49. The maximum Gasteiger partial charge on any atom is 0.275 e. The number of terminal acetylenes is 1. The van der Waals surface area contributed by atoms with Crippen LogP contribution in [0.1, 0.15) is 16.7 Å². The Labute approximate surface area is 205 Å². The lowest BCUT2D eigenvalue weighted by molar-refractivity contribution is 0.596. The standard InChI is InChI=1S/C31H21NO2S/c1-3-32(35(33,34)27-20-16-23(2)17-21-27)31-15-9-5-10-24(31)18-19-26-22-25-11-4-6-12-28(25)30-14-8-7-13-29(26)30/h1,4-17,20-22H,2H3. The molecular formula is C31H21NO2S. The molecule has 0 bridgehead atoms. The zero-order valence-corrected chi connectivity index (χ0v) is 19.9. The molecule has 0 unspecified atom stereocenters. The quantitative estimate of drug-likeness (QED) is 0.171. The van der Waals surface area contributed by atoms with Gasteiger partial charge in [0.15, 0.2) is 0 Å². The lowest BCUT2D eigenvalue weighted by Gasteiger charge is -2.19. The molecule has 0 spiro atoms. The minimum absolute atomic E-state index is 0.129. The van der Waals surface area contributed by atoms with E-state index in [0.29, 0.717) is 11.3 Å². The monoisotopic (exact) mass is 471 g/mol. The summed E-state index contributed by atoms with van der Waals surface area (Å²) in [6.45, 7) is 1.90. The molecule has 35 heavy (non-hydrogen) atoms.